The molecular formula is C23H26N4O6. The van der Waals surface area contributed by atoms with E-state index in [9.17, 15) is 10.2 Å². The number of benzene rings is 1. The second-order valence-electron chi connectivity index (χ2n) is 8.20. The molecule has 3 heterocycles. The first kappa shape index (κ1) is 22.7. The van der Waals surface area contributed by atoms with E-state index in [0.717, 1.165) is 0 Å². The highest BCUT2D eigenvalue weighted by Gasteiger charge is 2.30. The lowest BCUT2D eigenvalue weighted by Gasteiger charge is -2.21. The van der Waals surface area contributed by atoms with Crippen LogP contribution < -0.4 is 15.2 Å². The van der Waals surface area contributed by atoms with Crippen molar-refractivity contribution >= 4 is 11.1 Å². The van der Waals surface area contributed by atoms with Crippen LogP contribution in [0.5, 0.6) is 11.5 Å². The Morgan fingerprint density at radius 1 is 1.09 bits per heavy atom. The summed E-state index contributed by atoms with van der Waals surface area (Å²) in [5, 5.41) is 23.7. The highest BCUT2D eigenvalue weighted by atomic mass is 16.5. The number of aliphatic hydroxyl groups is 2. The summed E-state index contributed by atoms with van der Waals surface area (Å²) in [6.07, 6.45) is 1.55. The maximum absolute atomic E-state index is 9.51. The fraction of sp³-hybridized carbons (Fsp3) is 0.348. The summed E-state index contributed by atoms with van der Waals surface area (Å²) in [4.78, 5) is 8.76. The largest absolute Gasteiger partial charge is 0.493 e. The Kier molecular flexibility index (Phi) is 6.32. The molecule has 0 bridgehead atoms. The summed E-state index contributed by atoms with van der Waals surface area (Å²) in [6, 6.07) is 8.79. The van der Waals surface area contributed by atoms with Gasteiger partial charge in [0.2, 0.25) is 11.5 Å². The summed E-state index contributed by atoms with van der Waals surface area (Å²) in [7, 11) is 1.59. The molecule has 10 heteroatoms. The van der Waals surface area contributed by atoms with E-state index in [0.29, 0.717) is 58.0 Å². The Bertz CT molecular complexity index is 1240. The molecule has 0 fully saturated rings. The smallest absolute Gasteiger partial charge is 0.258 e. The molecule has 10 nitrogen and oxygen atoms in total. The van der Waals surface area contributed by atoms with Crippen molar-refractivity contribution < 1.29 is 28.6 Å². The molecule has 33 heavy (non-hydrogen) atoms. The Hall–Kier alpha value is -3.47. The molecule has 0 radical (unpaired) electrons. The molecule has 0 saturated heterocycles. The highest BCUT2D eigenvalue weighted by Crippen LogP contribution is 2.33. The lowest BCUT2D eigenvalue weighted by molar-refractivity contribution is 0.105. The van der Waals surface area contributed by atoms with Gasteiger partial charge in [-0.25, -0.2) is 4.98 Å². The van der Waals surface area contributed by atoms with Gasteiger partial charge in [-0.15, -0.1) is 0 Å². The number of hydrogen-bond acceptors (Lipinski definition) is 10. The number of ether oxygens (including phenoxy) is 2. The predicted molar refractivity (Wildman–Crippen MR) is 120 cm³/mol. The number of nitrogens with zero attached hydrogens (tertiary/aromatic N) is 3. The number of furan rings is 1. The van der Waals surface area contributed by atoms with Gasteiger partial charge >= 0.3 is 0 Å². The van der Waals surface area contributed by atoms with Crippen LogP contribution in [0.2, 0.25) is 0 Å². The highest BCUT2D eigenvalue weighted by molar-refractivity contribution is 5.79. The fourth-order valence-electron chi connectivity index (χ4n) is 3.14. The maximum Gasteiger partial charge on any atom is 0.258 e. The third-order valence-corrected chi connectivity index (χ3v) is 5.09. The summed E-state index contributed by atoms with van der Waals surface area (Å²) in [6.45, 7) is 3.72. The number of fused-ring (bicyclic) bond motifs is 1. The molecule has 0 saturated carbocycles. The van der Waals surface area contributed by atoms with Gasteiger partial charge in [0, 0.05) is 22.7 Å². The molecule has 0 amide bonds. The number of methoxy groups -OCH3 is 1. The average molecular weight is 454 g/mol. The third kappa shape index (κ3) is 4.54. The van der Waals surface area contributed by atoms with Crippen LogP contribution in [0.1, 0.15) is 19.6 Å². The van der Waals surface area contributed by atoms with E-state index in [4.69, 9.17) is 24.1 Å². The standard InChI is InChI=1S/C23H26N4O6/c1-13(2)10-31-18-7-14(4-5-17(18)30-3)22-26-20(27-33-22)16-6-15-8-19(23(24,11-28)12-29)32-21(15)25-9-16/h4-9,13,28-29H,10-12,24H2,1-3H3. The van der Waals surface area contributed by atoms with Gasteiger partial charge in [-0.05, 0) is 36.2 Å². The Labute approximate surface area is 190 Å². The van der Waals surface area contributed by atoms with Crippen LogP contribution in [0.4, 0.5) is 0 Å². The van der Waals surface area contributed by atoms with E-state index in [1.165, 1.54) is 0 Å². The molecule has 0 aliphatic rings. The van der Waals surface area contributed by atoms with Crippen molar-refractivity contribution in [2.45, 2.75) is 19.4 Å². The minimum atomic E-state index is -1.40. The lowest BCUT2D eigenvalue weighted by atomic mass is 10.00. The van der Waals surface area contributed by atoms with Gasteiger partial charge in [-0.3, -0.25) is 0 Å². The zero-order valence-corrected chi connectivity index (χ0v) is 18.6. The molecule has 4 N–H and O–H groups in total. The van der Waals surface area contributed by atoms with Crippen molar-refractivity contribution in [3.63, 3.8) is 0 Å². The molecule has 0 aliphatic carbocycles. The topological polar surface area (TPSA) is 150 Å². The first-order chi connectivity index (χ1) is 15.9. The molecule has 4 rings (SSSR count). The second kappa shape index (κ2) is 9.18. The van der Waals surface area contributed by atoms with E-state index in [1.54, 1.807) is 37.6 Å². The van der Waals surface area contributed by atoms with E-state index in [2.05, 4.69) is 29.0 Å². The van der Waals surface area contributed by atoms with Crippen LogP contribution in [-0.2, 0) is 5.54 Å². The maximum atomic E-state index is 9.51. The molecule has 0 spiro atoms. The van der Waals surface area contributed by atoms with Crippen LogP contribution in [0.3, 0.4) is 0 Å². The number of nitrogens with two attached hydrogens (primary N) is 1. The van der Waals surface area contributed by atoms with Gasteiger partial charge in [0.05, 0.1) is 26.9 Å². The summed E-state index contributed by atoms with van der Waals surface area (Å²) in [5.41, 5.74) is 6.20. The summed E-state index contributed by atoms with van der Waals surface area (Å²) < 4.78 is 22.3. The van der Waals surface area contributed by atoms with Crippen molar-refractivity contribution in [1.29, 1.82) is 0 Å². The normalized spacial score (nSPS) is 12.0. The number of aliphatic hydroxyl groups excluding tert-OH is 2. The SMILES string of the molecule is COc1ccc(-c2nc(-c3cnc4oc(C(N)(CO)CO)cc4c3)no2)cc1OCC(C)C. The van der Waals surface area contributed by atoms with Gasteiger partial charge < -0.3 is 34.4 Å². The monoisotopic (exact) mass is 454 g/mol. The molecule has 0 atom stereocenters. The number of rotatable bonds is 9. The van der Waals surface area contributed by atoms with Crippen LogP contribution in [0.15, 0.2) is 45.5 Å². The zero-order chi connectivity index (χ0) is 23.6. The van der Waals surface area contributed by atoms with E-state index < -0.39 is 18.8 Å². The molecule has 1 aromatic carbocycles. The minimum Gasteiger partial charge on any atom is -0.493 e. The molecular weight excluding hydrogens is 428 g/mol. The van der Waals surface area contributed by atoms with Crippen molar-refractivity contribution in [2.24, 2.45) is 11.7 Å². The molecule has 174 valence electrons. The van der Waals surface area contributed by atoms with Crippen molar-refractivity contribution in [3.8, 4) is 34.3 Å². The quantitative estimate of drug-likeness (QED) is 0.344. The first-order valence-electron chi connectivity index (χ1n) is 10.4. The van der Waals surface area contributed by atoms with Crippen LogP contribution in [0.25, 0.3) is 33.9 Å². The van der Waals surface area contributed by atoms with Crippen molar-refractivity contribution in [1.82, 2.24) is 15.1 Å². The summed E-state index contributed by atoms with van der Waals surface area (Å²) >= 11 is 0. The Balaban J connectivity index is 1.64. The van der Waals surface area contributed by atoms with Crippen LogP contribution >= 0.6 is 0 Å². The van der Waals surface area contributed by atoms with E-state index in [-0.39, 0.29) is 5.76 Å². The number of hydrogen-bond donors (Lipinski definition) is 3. The predicted octanol–water partition coefficient (Wildman–Crippen LogP) is 2.73. The Morgan fingerprint density at radius 2 is 1.88 bits per heavy atom. The van der Waals surface area contributed by atoms with Crippen LogP contribution in [-0.4, -0.2) is 52.3 Å². The second-order valence-corrected chi connectivity index (χ2v) is 8.20. The van der Waals surface area contributed by atoms with Crippen LogP contribution in [0, 0.1) is 5.92 Å². The van der Waals surface area contributed by atoms with E-state index >= 15 is 0 Å². The van der Waals surface area contributed by atoms with Gasteiger partial charge in [0.15, 0.2) is 11.5 Å². The zero-order valence-electron chi connectivity index (χ0n) is 18.6. The Morgan fingerprint density at radius 3 is 2.58 bits per heavy atom. The van der Waals surface area contributed by atoms with Gasteiger partial charge in [0.1, 0.15) is 11.3 Å². The van der Waals surface area contributed by atoms with E-state index in [1.807, 2.05) is 6.07 Å². The van der Waals surface area contributed by atoms with Gasteiger partial charge in [-0.1, -0.05) is 19.0 Å². The molecule has 0 aliphatic heterocycles. The average Bonchev–Trinajstić information content (AvgIpc) is 3.49. The number of pyridine rings is 1. The minimum absolute atomic E-state index is 0.230. The van der Waals surface area contributed by atoms with Crippen molar-refractivity contribution in [2.75, 3.05) is 26.9 Å². The van der Waals surface area contributed by atoms with Crippen molar-refractivity contribution in [3.05, 3.63) is 42.3 Å². The van der Waals surface area contributed by atoms with Gasteiger partial charge in [-0.2, -0.15) is 4.98 Å². The number of aromatic nitrogens is 3. The molecule has 3 aromatic heterocycles. The molecule has 0 unspecified atom stereocenters. The first-order valence-corrected chi connectivity index (χ1v) is 10.4. The fourth-order valence-corrected chi connectivity index (χ4v) is 3.14. The van der Waals surface area contributed by atoms with Gasteiger partial charge in [0.25, 0.3) is 5.89 Å². The third-order valence-electron chi connectivity index (χ3n) is 5.09. The summed E-state index contributed by atoms with van der Waals surface area (Å²) in [5.74, 6) is 2.45. The molecule has 4 aromatic rings. The lowest BCUT2D eigenvalue weighted by Crippen LogP contribution is -2.43.